The second kappa shape index (κ2) is 10.2. The maximum absolute atomic E-state index is 13.8. The van der Waals surface area contributed by atoms with E-state index in [1.165, 1.54) is 12.1 Å². The predicted octanol–water partition coefficient (Wildman–Crippen LogP) is 3.47. The topological polar surface area (TPSA) is 143 Å². The predicted molar refractivity (Wildman–Crippen MR) is 132 cm³/mol. The van der Waals surface area contributed by atoms with Crippen LogP contribution in [-0.2, 0) is 22.6 Å². The first-order valence-electron chi connectivity index (χ1n) is 10.9. The summed E-state index contributed by atoms with van der Waals surface area (Å²) in [6.07, 6.45) is 0.418. The molecular formula is C26H24FN5O3. The van der Waals surface area contributed by atoms with Gasteiger partial charge in [0.1, 0.15) is 11.7 Å². The fourth-order valence-corrected chi connectivity index (χ4v) is 3.89. The highest BCUT2D eigenvalue weighted by molar-refractivity contribution is 6.24. The summed E-state index contributed by atoms with van der Waals surface area (Å²) in [6, 6.07) is 18.8. The van der Waals surface area contributed by atoms with Crippen LogP contribution in [-0.4, -0.2) is 28.7 Å². The van der Waals surface area contributed by atoms with E-state index in [1.54, 1.807) is 18.2 Å². The summed E-state index contributed by atoms with van der Waals surface area (Å²) in [5.41, 5.74) is 15.4. The highest BCUT2D eigenvalue weighted by Gasteiger charge is 2.35. The van der Waals surface area contributed by atoms with E-state index in [0.29, 0.717) is 41.2 Å². The third-order valence-corrected chi connectivity index (χ3v) is 5.63. The molecule has 6 N–H and O–H groups in total. The minimum absolute atomic E-state index is 0.00327. The third kappa shape index (κ3) is 5.70. The SMILES string of the molecule is NC(N)=NCc1ccc(N=C(c2ccc(CCC(=O)O)cc2)C2C(=O)Nc3cc(F)ccc32)cc1. The molecule has 0 bridgehead atoms. The molecule has 1 heterocycles. The van der Waals surface area contributed by atoms with Crippen molar-refractivity contribution in [2.24, 2.45) is 21.5 Å². The Kier molecular flexibility index (Phi) is 6.86. The lowest BCUT2D eigenvalue weighted by Gasteiger charge is -2.15. The van der Waals surface area contributed by atoms with Gasteiger partial charge in [0, 0.05) is 12.1 Å². The maximum atomic E-state index is 13.8. The van der Waals surface area contributed by atoms with Crippen LogP contribution < -0.4 is 16.8 Å². The van der Waals surface area contributed by atoms with E-state index in [1.807, 2.05) is 36.4 Å². The molecule has 0 saturated heterocycles. The number of amides is 1. The Bertz CT molecular complexity index is 1310. The number of carbonyl (C=O) groups is 2. The molecule has 178 valence electrons. The van der Waals surface area contributed by atoms with Gasteiger partial charge < -0.3 is 21.9 Å². The van der Waals surface area contributed by atoms with Gasteiger partial charge in [-0.1, -0.05) is 42.5 Å². The largest absolute Gasteiger partial charge is 0.481 e. The van der Waals surface area contributed by atoms with Crippen molar-refractivity contribution in [2.75, 3.05) is 5.32 Å². The Labute approximate surface area is 201 Å². The molecule has 0 radical (unpaired) electrons. The fourth-order valence-electron chi connectivity index (χ4n) is 3.89. The number of carboxylic acid groups (broad SMARTS) is 1. The molecule has 9 heteroatoms. The Morgan fingerprint density at radius 2 is 1.69 bits per heavy atom. The highest BCUT2D eigenvalue weighted by Crippen LogP contribution is 2.36. The number of fused-ring (bicyclic) bond motifs is 1. The monoisotopic (exact) mass is 473 g/mol. The lowest BCUT2D eigenvalue weighted by atomic mass is 9.90. The van der Waals surface area contributed by atoms with E-state index >= 15 is 0 Å². The molecule has 0 aromatic heterocycles. The lowest BCUT2D eigenvalue weighted by Crippen LogP contribution is -2.22. The number of hydrogen-bond donors (Lipinski definition) is 4. The first-order chi connectivity index (χ1) is 16.8. The lowest BCUT2D eigenvalue weighted by molar-refractivity contribution is -0.137. The number of aliphatic imine (C=N–C) groups is 2. The van der Waals surface area contributed by atoms with Gasteiger partial charge in [0.05, 0.1) is 17.9 Å². The van der Waals surface area contributed by atoms with Gasteiger partial charge in [-0.3, -0.25) is 14.6 Å². The van der Waals surface area contributed by atoms with Gasteiger partial charge in [0.25, 0.3) is 0 Å². The summed E-state index contributed by atoms with van der Waals surface area (Å²) in [5, 5.41) is 11.7. The molecule has 1 unspecified atom stereocenters. The number of nitrogens with zero attached hydrogens (tertiary/aromatic N) is 2. The van der Waals surface area contributed by atoms with Crippen LogP contribution in [0.1, 0.15) is 34.6 Å². The number of hydrogen-bond acceptors (Lipinski definition) is 4. The minimum Gasteiger partial charge on any atom is -0.481 e. The molecule has 0 saturated carbocycles. The molecule has 8 nitrogen and oxygen atoms in total. The zero-order chi connectivity index (χ0) is 24.9. The van der Waals surface area contributed by atoms with Gasteiger partial charge in [-0.05, 0) is 52.9 Å². The molecule has 0 spiro atoms. The summed E-state index contributed by atoms with van der Waals surface area (Å²) >= 11 is 0. The number of nitrogens with one attached hydrogen (secondary N) is 1. The van der Waals surface area contributed by atoms with Crippen molar-refractivity contribution in [3.63, 3.8) is 0 Å². The van der Waals surface area contributed by atoms with Crippen LogP contribution in [0, 0.1) is 5.82 Å². The van der Waals surface area contributed by atoms with E-state index in [0.717, 1.165) is 11.1 Å². The Morgan fingerprint density at radius 1 is 1.00 bits per heavy atom. The van der Waals surface area contributed by atoms with Crippen molar-refractivity contribution < 1.29 is 19.1 Å². The summed E-state index contributed by atoms with van der Waals surface area (Å²) in [5.74, 6) is -2.35. The Balaban J connectivity index is 1.72. The molecule has 3 aromatic rings. The normalized spacial score (nSPS) is 14.8. The van der Waals surface area contributed by atoms with E-state index in [9.17, 15) is 14.0 Å². The number of aliphatic carboxylic acids is 1. The van der Waals surface area contributed by atoms with Gasteiger partial charge in [-0.15, -0.1) is 0 Å². The first-order valence-corrected chi connectivity index (χ1v) is 10.9. The molecular weight excluding hydrogens is 449 g/mol. The van der Waals surface area contributed by atoms with Crippen LogP contribution in [0.15, 0.2) is 76.7 Å². The number of nitrogens with two attached hydrogens (primary N) is 2. The molecule has 3 aromatic carbocycles. The van der Waals surface area contributed by atoms with E-state index in [2.05, 4.69) is 10.3 Å². The number of carbonyl (C=O) groups excluding carboxylic acids is 1. The summed E-state index contributed by atoms with van der Waals surface area (Å²) in [6.45, 7) is 0.334. The average molecular weight is 474 g/mol. The first kappa shape index (κ1) is 23.6. The van der Waals surface area contributed by atoms with Crippen LogP contribution in [0.25, 0.3) is 0 Å². The smallest absolute Gasteiger partial charge is 0.303 e. The second-order valence-electron chi connectivity index (χ2n) is 8.15. The van der Waals surface area contributed by atoms with Crippen molar-refractivity contribution in [1.82, 2.24) is 0 Å². The van der Waals surface area contributed by atoms with E-state index in [4.69, 9.17) is 21.6 Å². The molecule has 0 aliphatic carbocycles. The van der Waals surface area contributed by atoms with Crippen LogP contribution in [0.3, 0.4) is 0 Å². The molecule has 1 amide bonds. The summed E-state index contributed by atoms with van der Waals surface area (Å²) in [7, 11) is 0. The van der Waals surface area contributed by atoms with Gasteiger partial charge in [-0.2, -0.15) is 0 Å². The Hall–Kier alpha value is -4.53. The zero-order valence-electron chi connectivity index (χ0n) is 18.7. The van der Waals surface area contributed by atoms with Crippen LogP contribution in [0.4, 0.5) is 15.8 Å². The standard InChI is InChI=1S/C26H24FN5O3/c27-18-8-11-20-21(13-18)32-25(35)23(20)24(17-6-1-15(2-7-17)5-12-22(33)34)31-19-9-3-16(4-10-19)14-30-26(28)29/h1-4,6-11,13,23H,5,12,14H2,(H,32,35)(H,33,34)(H4,28,29,30). The van der Waals surface area contributed by atoms with Crippen molar-refractivity contribution in [1.29, 1.82) is 0 Å². The van der Waals surface area contributed by atoms with Gasteiger partial charge in [0.2, 0.25) is 5.91 Å². The fraction of sp³-hybridized carbons (Fsp3) is 0.154. The quantitative estimate of drug-likeness (QED) is 0.293. The third-order valence-electron chi connectivity index (χ3n) is 5.63. The molecule has 1 atom stereocenters. The summed E-state index contributed by atoms with van der Waals surface area (Å²) in [4.78, 5) is 32.7. The van der Waals surface area contributed by atoms with Crippen LogP contribution in [0.2, 0.25) is 0 Å². The van der Waals surface area contributed by atoms with Gasteiger partial charge >= 0.3 is 5.97 Å². The molecule has 4 rings (SSSR count). The zero-order valence-corrected chi connectivity index (χ0v) is 18.7. The number of guanidine groups is 1. The van der Waals surface area contributed by atoms with E-state index in [-0.39, 0.29) is 18.3 Å². The second-order valence-corrected chi connectivity index (χ2v) is 8.15. The minimum atomic E-state index is -0.869. The molecule has 35 heavy (non-hydrogen) atoms. The van der Waals surface area contributed by atoms with Crippen molar-refractivity contribution in [3.8, 4) is 0 Å². The van der Waals surface area contributed by atoms with Crippen LogP contribution >= 0.6 is 0 Å². The van der Waals surface area contributed by atoms with Crippen molar-refractivity contribution in [2.45, 2.75) is 25.3 Å². The molecule has 1 aliphatic rings. The number of carboxylic acids is 1. The van der Waals surface area contributed by atoms with Crippen molar-refractivity contribution in [3.05, 3.63) is 94.8 Å². The van der Waals surface area contributed by atoms with E-state index < -0.39 is 17.7 Å². The van der Waals surface area contributed by atoms with Crippen LogP contribution in [0.5, 0.6) is 0 Å². The molecule has 1 aliphatic heterocycles. The highest BCUT2D eigenvalue weighted by atomic mass is 19.1. The number of halogens is 1. The van der Waals surface area contributed by atoms with Crippen molar-refractivity contribution >= 4 is 34.9 Å². The molecule has 0 fully saturated rings. The number of rotatable bonds is 8. The van der Waals surface area contributed by atoms with Gasteiger partial charge in [0.15, 0.2) is 5.96 Å². The maximum Gasteiger partial charge on any atom is 0.303 e. The Morgan fingerprint density at radius 3 is 2.34 bits per heavy atom. The average Bonchev–Trinajstić information content (AvgIpc) is 3.15. The number of benzene rings is 3. The number of anilines is 1. The number of aryl methyl sites for hydroxylation is 1. The summed E-state index contributed by atoms with van der Waals surface area (Å²) < 4.78 is 13.8. The van der Waals surface area contributed by atoms with Gasteiger partial charge in [-0.25, -0.2) is 9.38 Å².